The predicted octanol–water partition coefficient (Wildman–Crippen LogP) is 0.200. The highest BCUT2D eigenvalue weighted by Gasteiger charge is 2.03. The minimum atomic E-state index is -0.160. The summed E-state index contributed by atoms with van der Waals surface area (Å²) in [7, 11) is 1.62. The molecule has 2 rings (SSSR count). The largest absolute Gasteiger partial charge is 0.302 e. The van der Waals surface area contributed by atoms with Gasteiger partial charge in [0.25, 0.3) is 5.56 Å². The van der Waals surface area contributed by atoms with Crippen LogP contribution in [0.5, 0.6) is 0 Å². The number of hydrogen-bond acceptors (Lipinski definition) is 4. The number of aryl methyl sites for hydroxylation is 1. The van der Waals surface area contributed by atoms with Gasteiger partial charge in [-0.3, -0.25) is 4.79 Å². The van der Waals surface area contributed by atoms with Crippen LogP contribution >= 0.6 is 0 Å². The zero-order valence-electron chi connectivity index (χ0n) is 7.43. The van der Waals surface area contributed by atoms with Crippen LogP contribution in [0.3, 0.4) is 0 Å². The second-order valence-electron chi connectivity index (χ2n) is 2.84. The van der Waals surface area contributed by atoms with E-state index in [0.29, 0.717) is 11.0 Å². The summed E-state index contributed by atoms with van der Waals surface area (Å²) >= 11 is 0. The third kappa shape index (κ3) is 1.13. The summed E-state index contributed by atoms with van der Waals surface area (Å²) in [5.41, 5.74) is 0.414. The second kappa shape index (κ2) is 2.92. The Hall–Kier alpha value is -2.22. The molecule has 5 nitrogen and oxygen atoms in total. The minimum Gasteiger partial charge on any atom is -0.302 e. The van der Waals surface area contributed by atoms with Crippen LogP contribution in [0.2, 0.25) is 0 Å². The third-order valence-corrected chi connectivity index (χ3v) is 1.89. The fraction of sp³-hybridized carbons (Fsp3) is 0.111. The van der Waals surface area contributed by atoms with Crippen molar-refractivity contribution in [1.29, 1.82) is 5.26 Å². The molecule has 0 fully saturated rings. The van der Waals surface area contributed by atoms with E-state index in [1.54, 1.807) is 13.1 Å². The van der Waals surface area contributed by atoms with Gasteiger partial charge in [-0.1, -0.05) is 0 Å². The highest BCUT2D eigenvalue weighted by Crippen LogP contribution is 2.03. The van der Waals surface area contributed by atoms with Gasteiger partial charge in [-0.25, -0.2) is 9.97 Å². The lowest BCUT2D eigenvalue weighted by Gasteiger charge is -1.98. The molecule has 0 saturated heterocycles. The van der Waals surface area contributed by atoms with Gasteiger partial charge < -0.3 is 4.57 Å². The summed E-state index contributed by atoms with van der Waals surface area (Å²) in [5.74, 6) is 0. The van der Waals surface area contributed by atoms with Gasteiger partial charge in [0.2, 0.25) is 0 Å². The van der Waals surface area contributed by atoms with Crippen molar-refractivity contribution in [2.75, 3.05) is 0 Å². The van der Waals surface area contributed by atoms with Crippen LogP contribution in [0.15, 0.2) is 23.3 Å². The molecule has 2 aromatic rings. The molecule has 0 aliphatic heterocycles. The van der Waals surface area contributed by atoms with Crippen molar-refractivity contribution in [3.05, 3.63) is 34.5 Å². The summed E-state index contributed by atoms with van der Waals surface area (Å²) in [6, 6.07) is 4.96. The molecule has 14 heavy (non-hydrogen) atoms. The van der Waals surface area contributed by atoms with Crippen LogP contribution in [0.1, 0.15) is 5.69 Å². The van der Waals surface area contributed by atoms with Crippen LogP contribution in [0.25, 0.3) is 11.0 Å². The highest BCUT2D eigenvalue weighted by molar-refractivity contribution is 5.73. The van der Waals surface area contributed by atoms with E-state index in [0.717, 1.165) is 0 Å². The lowest BCUT2D eigenvalue weighted by atomic mass is 10.3. The van der Waals surface area contributed by atoms with Crippen molar-refractivity contribution in [1.82, 2.24) is 14.5 Å². The fourth-order valence-electron chi connectivity index (χ4n) is 1.16. The molecule has 0 N–H and O–H groups in total. The molecule has 2 heterocycles. The molecular formula is C9H6N4O. The topological polar surface area (TPSA) is 71.6 Å². The third-order valence-electron chi connectivity index (χ3n) is 1.89. The summed E-state index contributed by atoms with van der Waals surface area (Å²) < 4.78 is 1.37. The van der Waals surface area contributed by atoms with E-state index in [4.69, 9.17) is 5.26 Å². The van der Waals surface area contributed by atoms with Gasteiger partial charge in [0, 0.05) is 7.05 Å². The molecule has 0 atom stereocenters. The fourth-order valence-corrected chi connectivity index (χ4v) is 1.16. The van der Waals surface area contributed by atoms with Gasteiger partial charge >= 0.3 is 0 Å². The van der Waals surface area contributed by atoms with Crippen LogP contribution in [-0.2, 0) is 7.05 Å². The molecule has 0 aromatic carbocycles. The number of nitriles is 1. The lowest BCUT2D eigenvalue weighted by Crippen LogP contribution is -2.17. The SMILES string of the molecule is Cn1cnc2nc(C#N)ccc2c1=O. The van der Waals surface area contributed by atoms with Gasteiger partial charge in [-0.05, 0) is 12.1 Å². The van der Waals surface area contributed by atoms with Gasteiger partial charge in [0.05, 0.1) is 11.7 Å². The van der Waals surface area contributed by atoms with E-state index >= 15 is 0 Å². The minimum absolute atomic E-state index is 0.160. The van der Waals surface area contributed by atoms with E-state index in [1.807, 2.05) is 6.07 Å². The zero-order chi connectivity index (χ0) is 10.1. The second-order valence-corrected chi connectivity index (χ2v) is 2.84. The molecule has 0 radical (unpaired) electrons. The Morgan fingerprint density at radius 2 is 2.29 bits per heavy atom. The van der Waals surface area contributed by atoms with Crippen molar-refractivity contribution >= 4 is 11.0 Å². The van der Waals surface area contributed by atoms with Crippen molar-refractivity contribution in [3.63, 3.8) is 0 Å². The number of fused-ring (bicyclic) bond motifs is 1. The number of rotatable bonds is 0. The maximum atomic E-state index is 11.5. The molecule has 0 aliphatic rings. The number of nitrogens with zero attached hydrogens (tertiary/aromatic N) is 4. The van der Waals surface area contributed by atoms with E-state index in [-0.39, 0.29) is 11.3 Å². The molecule has 0 spiro atoms. The average Bonchev–Trinajstić information content (AvgIpc) is 2.23. The Morgan fingerprint density at radius 3 is 3.00 bits per heavy atom. The quantitative estimate of drug-likeness (QED) is 0.589. The molecule has 68 valence electrons. The maximum Gasteiger partial charge on any atom is 0.262 e. The number of hydrogen-bond donors (Lipinski definition) is 0. The molecular weight excluding hydrogens is 180 g/mol. The molecule has 5 heteroatoms. The summed E-state index contributed by atoms with van der Waals surface area (Å²) in [6.45, 7) is 0. The van der Waals surface area contributed by atoms with Crippen LogP contribution in [0.4, 0.5) is 0 Å². The zero-order valence-corrected chi connectivity index (χ0v) is 7.43. The molecule has 0 unspecified atom stereocenters. The van der Waals surface area contributed by atoms with Crippen molar-refractivity contribution in [2.24, 2.45) is 7.05 Å². The van der Waals surface area contributed by atoms with Gasteiger partial charge in [0.15, 0.2) is 5.65 Å². The van der Waals surface area contributed by atoms with Crippen molar-refractivity contribution in [3.8, 4) is 6.07 Å². The van der Waals surface area contributed by atoms with Gasteiger partial charge in [-0.2, -0.15) is 5.26 Å². The molecule has 0 bridgehead atoms. The smallest absolute Gasteiger partial charge is 0.262 e. The van der Waals surface area contributed by atoms with Crippen LogP contribution < -0.4 is 5.56 Å². The monoisotopic (exact) mass is 186 g/mol. The summed E-state index contributed by atoms with van der Waals surface area (Å²) in [4.78, 5) is 19.4. The Balaban J connectivity index is 2.90. The summed E-state index contributed by atoms with van der Waals surface area (Å²) in [5, 5.41) is 9.02. The van der Waals surface area contributed by atoms with E-state index in [2.05, 4.69) is 9.97 Å². The first-order valence-electron chi connectivity index (χ1n) is 3.95. The van der Waals surface area contributed by atoms with E-state index < -0.39 is 0 Å². The number of aromatic nitrogens is 3. The van der Waals surface area contributed by atoms with E-state index in [1.165, 1.54) is 17.0 Å². The lowest BCUT2D eigenvalue weighted by molar-refractivity contribution is 0.839. The normalized spacial score (nSPS) is 10.0. The van der Waals surface area contributed by atoms with Crippen molar-refractivity contribution in [2.45, 2.75) is 0 Å². The highest BCUT2D eigenvalue weighted by atomic mass is 16.1. The predicted molar refractivity (Wildman–Crippen MR) is 49.5 cm³/mol. The standard InChI is InChI=1S/C9H6N4O/c1-13-5-11-8-7(9(13)14)3-2-6(4-10)12-8/h2-3,5H,1H3. The molecule has 0 saturated carbocycles. The van der Waals surface area contributed by atoms with E-state index in [9.17, 15) is 4.79 Å². The summed E-state index contributed by atoms with van der Waals surface area (Å²) in [6.07, 6.45) is 1.39. The molecule has 0 aliphatic carbocycles. The average molecular weight is 186 g/mol. The Bertz CT molecular complexity index is 594. The molecule has 0 amide bonds. The Labute approximate surface area is 79.3 Å². The van der Waals surface area contributed by atoms with Crippen molar-refractivity contribution < 1.29 is 0 Å². The van der Waals surface area contributed by atoms with Gasteiger partial charge in [-0.15, -0.1) is 0 Å². The Morgan fingerprint density at radius 1 is 1.50 bits per heavy atom. The Kier molecular flexibility index (Phi) is 1.75. The van der Waals surface area contributed by atoms with Crippen LogP contribution in [-0.4, -0.2) is 14.5 Å². The number of pyridine rings is 1. The molecule has 2 aromatic heterocycles. The first-order valence-corrected chi connectivity index (χ1v) is 3.95. The first kappa shape index (κ1) is 8.38. The first-order chi connectivity index (χ1) is 6.72. The maximum absolute atomic E-state index is 11.5. The van der Waals surface area contributed by atoms with Gasteiger partial charge in [0.1, 0.15) is 11.8 Å². The van der Waals surface area contributed by atoms with Crippen LogP contribution in [0, 0.1) is 11.3 Å².